The first kappa shape index (κ1) is 18.3. The lowest BCUT2D eigenvalue weighted by Gasteiger charge is -2.34. The van der Waals surface area contributed by atoms with Crippen LogP contribution in [0, 0.1) is 0 Å². The lowest BCUT2D eigenvalue weighted by molar-refractivity contribution is -0.141. The summed E-state index contributed by atoms with van der Waals surface area (Å²) in [4.78, 5) is 2.89. The fourth-order valence-electron chi connectivity index (χ4n) is 2.56. The predicted molar refractivity (Wildman–Crippen MR) is 86.9 cm³/mol. The highest BCUT2D eigenvalue weighted by Crippen LogP contribution is 2.39. The number of hydrogen-bond donors (Lipinski definition) is 0. The molecule has 140 valence electrons. The first-order valence-electron chi connectivity index (χ1n) is 7.53. The molecule has 1 aromatic carbocycles. The van der Waals surface area contributed by atoms with E-state index < -0.39 is 28.0 Å². The van der Waals surface area contributed by atoms with Crippen LogP contribution in [0.1, 0.15) is 12.6 Å². The summed E-state index contributed by atoms with van der Waals surface area (Å²) in [5.74, 6) is 0.764. The highest BCUT2D eigenvalue weighted by Gasteiger charge is 2.36. The van der Waals surface area contributed by atoms with Gasteiger partial charge in [0.1, 0.15) is 28.2 Å². The molecule has 0 fully saturated rings. The van der Waals surface area contributed by atoms with E-state index in [-0.39, 0.29) is 17.1 Å². The first-order chi connectivity index (χ1) is 12.1. The summed E-state index contributed by atoms with van der Waals surface area (Å²) in [6.45, 7) is 1.70. The third kappa shape index (κ3) is 3.28. The molecule has 0 bridgehead atoms. The quantitative estimate of drug-likeness (QED) is 0.808. The van der Waals surface area contributed by atoms with Gasteiger partial charge in [0.15, 0.2) is 0 Å². The molecule has 0 aliphatic carbocycles. The van der Waals surface area contributed by atoms with E-state index in [9.17, 15) is 21.6 Å². The molecule has 26 heavy (non-hydrogen) atoms. The summed E-state index contributed by atoms with van der Waals surface area (Å²) in [5, 5.41) is 0. The van der Waals surface area contributed by atoms with Gasteiger partial charge in [-0.3, -0.25) is 9.29 Å². The van der Waals surface area contributed by atoms with E-state index in [0.29, 0.717) is 23.8 Å². The summed E-state index contributed by atoms with van der Waals surface area (Å²) in [6, 6.07) is 6.24. The van der Waals surface area contributed by atoms with Crippen molar-refractivity contribution in [2.45, 2.75) is 24.1 Å². The van der Waals surface area contributed by atoms with Gasteiger partial charge in [0.2, 0.25) is 0 Å². The zero-order valence-corrected chi connectivity index (χ0v) is 14.6. The Kier molecular flexibility index (Phi) is 4.47. The number of hydrogen-bond acceptors (Lipinski definition) is 5. The number of rotatable bonds is 3. The number of fused-ring (bicyclic) bond motifs is 1. The normalized spacial score (nSPS) is 17.4. The fraction of sp³-hybridized carbons (Fsp3) is 0.312. The zero-order valence-electron chi connectivity index (χ0n) is 13.8. The smallest absolute Gasteiger partial charge is 0.433 e. The van der Waals surface area contributed by atoms with Crippen LogP contribution >= 0.6 is 0 Å². The molecule has 1 aromatic heterocycles. The monoisotopic (exact) mass is 388 g/mol. The molecule has 6 nitrogen and oxygen atoms in total. The number of aromatic nitrogens is 1. The SMILES string of the molecule is COc1ccc2c(c1)N(S(=O)(=O)c1ccc(C(F)(F)F)nc1)C[C@@H](C)O2. The highest BCUT2D eigenvalue weighted by molar-refractivity contribution is 7.92. The van der Waals surface area contributed by atoms with Crippen LogP contribution in [0.5, 0.6) is 11.5 Å². The molecule has 0 spiro atoms. The maximum atomic E-state index is 13.0. The van der Waals surface area contributed by atoms with E-state index in [2.05, 4.69) is 4.98 Å². The van der Waals surface area contributed by atoms with Crippen LogP contribution in [-0.4, -0.2) is 33.2 Å². The molecule has 1 aliphatic rings. The molecule has 1 atom stereocenters. The van der Waals surface area contributed by atoms with E-state index in [4.69, 9.17) is 9.47 Å². The second-order valence-electron chi connectivity index (χ2n) is 5.68. The van der Waals surface area contributed by atoms with Crippen molar-refractivity contribution >= 4 is 15.7 Å². The number of nitrogens with zero attached hydrogens (tertiary/aromatic N) is 2. The minimum Gasteiger partial charge on any atom is -0.497 e. The van der Waals surface area contributed by atoms with Crippen molar-refractivity contribution in [1.82, 2.24) is 4.98 Å². The van der Waals surface area contributed by atoms with Gasteiger partial charge in [0.05, 0.1) is 19.3 Å². The Morgan fingerprint density at radius 3 is 2.58 bits per heavy atom. The molecule has 0 saturated carbocycles. The average molecular weight is 388 g/mol. The summed E-state index contributed by atoms with van der Waals surface area (Å²) in [6.07, 6.45) is -4.37. The Hall–Kier alpha value is -2.49. The fourth-order valence-corrected chi connectivity index (χ4v) is 4.05. The molecule has 0 saturated heterocycles. The lowest BCUT2D eigenvalue weighted by Crippen LogP contribution is -2.42. The summed E-state index contributed by atoms with van der Waals surface area (Å²) >= 11 is 0. The van der Waals surface area contributed by atoms with Crippen molar-refractivity contribution in [2.75, 3.05) is 18.0 Å². The van der Waals surface area contributed by atoms with E-state index in [0.717, 1.165) is 10.4 Å². The number of alkyl halides is 3. The molecule has 1 aliphatic heterocycles. The molecular formula is C16H15F3N2O4S. The lowest BCUT2D eigenvalue weighted by atomic mass is 10.2. The number of sulfonamides is 1. The molecule has 0 amide bonds. The van der Waals surface area contributed by atoms with Crippen molar-refractivity contribution in [3.8, 4) is 11.5 Å². The van der Waals surface area contributed by atoms with Crippen LogP contribution in [0.25, 0.3) is 0 Å². The van der Waals surface area contributed by atoms with Crippen LogP contribution in [-0.2, 0) is 16.2 Å². The summed E-state index contributed by atoms with van der Waals surface area (Å²) in [5.41, 5.74) is -0.906. The number of ether oxygens (including phenoxy) is 2. The second kappa shape index (κ2) is 6.35. The van der Waals surface area contributed by atoms with Crippen molar-refractivity contribution in [3.05, 3.63) is 42.2 Å². The topological polar surface area (TPSA) is 68.7 Å². The van der Waals surface area contributed by atoms with Crippen molar-refractivity contribution in [3.63, 3.8) is 0 Å². The zero-order chi connectivity index (χ0) is 19.1. The van der Waals surface area contributed by atoms with Crippen molar-refractivity contribution in [1.29, 1.82) is 0 Å². The molecular weight excluding hydrogens is 373 g/mol. The van der Waals surface area contributed by atoms with Gasteiger partial charge in [0.25, 0.3) is 10.0 Å². The molecule has 0 unspecified atom stereocenters. The molecule has 2 heterocycles. The van der Waals surface area contributed by atoms with Crippen LogP contribution in [0.3, 0.4) is 0 Å². The number of methoxy groups -OCH3 is 1. The number of benzene rings is 1. The van der Waals surface area contributed by atoms with Crippen LogP contribution < -0.4 is 13.8 Å². The largest absolute Gasteiger partial charge is 0.497 e. The Labute approximate surface area is 148 Å². The molecule has 2 aromatic rings. The maximum absolute atomic E-state index is 13.0. The van der Waals surface area contributed by atoms with E-state index in [1.807, 2.05) is 0 Å². The Balaban J connectivity index is 2.05. The average Bonchev–Trinajstić information content (AvgIpc) is 2.60. The molecule has 10 heteroatoms. The number of anilines is 1. The van der Waals surface area contributed by atoms with Crippen molar-refractivity contribution in [2.24, 2.45) is 0 Å². The van der Waals surface area contributed by atoms with Crippen LogP contribution in [0.15, 0.2) is 41.4 Å². The number of halogens is 3. The standard InChI is InChI=1S/C16H15F3N2O4S/c1-10-9-21(13-7-11(24-2)3-5-14(13)25-10)26(22,23)12-4-6-15(20-8-12)16(17,18)19/h3-8,10H,9H2,1-2H3/t10-/m1/s1. The summed E-state index contributed by atoms with van der Waals surface area (Å²) in [7, 11) is -2.69. The van der Waals surface area contributed by atoms with Gasteiger partial charge in [-0.2, -0.15) is 13.2 Å². The first-order valence-corrected chi connectivity index (χ1v) is 8.97. The highest BCUT2D eigenvalue weighted by atomic mass is 32.2. The van der Waals surface area contributed by atoms with Gasteiger partial charge < -0.3 is 9.47 Å². The van der Waals surface area contributed by atoms with Gasteiger partial charge >= 0.3 is 6.18 Å². The summed E-state index contributed by atoms with van der Waals surface area (Å²) < 4.78 is 75.7. The molecule has 3 rings (SSSR count). The Bertz CT molecular complexity index is 914. The Morgan fingerprint density at radius 2 is 2.00 bits per heavy atom. The van der Waals surface area contributed by atoms with Gasteiger partial charge in [-0.25, -0.2) is 8.42 Å². The minimum absolute atomic E-state index is 0.00350. The second-order valence-corrected chi connectivity index (χ2v) is 7.54. The third-order valence-corrected chi connectivity index (χ3v) is 5.56. The predicted octanol–water partition coefficient (Wildman–Crippen LogP) is 3.09. The molecule has 0 radical (unpaired) electrons. The van der Waals surface area contributed by atoms with Gasteiger partial charge in [-0.05, 0) is 31.2 Å². The maximum Gasteiger partial charge on any atom is 0.433 e. The van der Waals surface area contributed by atoms with Gasteiger partial charge in [-0.1, -0.05) is 0 Å². The third-order valence-electron chi connectivity index (χ3n) is 3.80. The van der Waals surface area contributed by atoms with Crippen molar-refractivity contribution < 1.29 is 31.1 Å². The van der Waals surface area contributed by atoms with Gasteiger partial charge in [0, 0.05) is 12.3 Å². The van der Waals surface area contributed by atoms with E-state index >= 15 is 0 Å². The van der Waals surface area contributed by atoms with E-state index in [1.54, 1.807) is 19.1 Å². The van der Waals surface area contributed by atoms with Crippen LogP contribution in [0.2, 0.25) is 0 Å². The van der Waals surface area contributed by atoms with Crippen LogP contribution in [0.4, 0.5) is 18.9 Å². The molecule has 0 N–H and O–H groups in total. The van der Waals surface area contributed by atoms with E-state index in [1.165, 1.54) is 13.2 Å². The number of pyridine rings is 1. The Morgan fingerprint density at radius 1 is 1.27 bits per heavy atom. The minimum atomic E-state index is -4.64. The van der Waals surface area contributed by atoms with Gasteiger partial charge in [-0.15, -0.1) is 0 Å².